The van der Waals surface area contributed by atoms with Crippen molar-refractivity contribution < 1.29 is 9.90 Å². The smallest absolute Gasteiger partial charge is 0.308 e. The maximum absolute atomic E-state index is 11.1. The summed E-state index contributed by atoms with van der Waals surface area (Å²) in [5.41, 5.74) is 1.39. The molecule has 2 unspecified atom stereocenters. The molecule has 0 bridgehead atoms. The first-order valence-corrected chi connectivity index (χ1v) is 7.52. The maximum Gasteiger partial charge on any atom is 0.308 e. The lowest BCUT2D eigenvalue weighted by Gasteiger charge is -2.16. The van der Waals surface area contributed by atoms with Gasteiger partial charge in [-0.2, -0.15) is 0 Å². The highest BCUT2D eigenvalue weighted by atomic mass is 32.1. The average Bonchev–Trinajstić information content (AvgIpc) is 3.09. The van der Waals surface area contributed by atoms with Crippen molar-refractivity contribution in [2.24, 2.45) is 5.92 Å². The molecule has 20 heavy (non-hydrogen) atoms. The van der Waals surface area contributed by atoms with Gasteiger partial charge < -0.3 is 5.11 Å². The molecule has 106 valence electrons. The minimum Gasteiger partial charge on any atom is -0.481 e. The number of tetrazole rings is 1. The topological polar surface area (TPSA) is 80.9 Å². The Kier molecular flexibility index (Phi) is 3.29. The fourth-order valence-corrected chi connectivity index (χ4v) is 3.72. The van der Waals surface area contributed by atoms with Crippen molar-refractivity contribution in [3.8, 4) is 10.7 Å². The van der Waals surface area contributed by atoms with Gasteiger partial charge in [-0.15, -0.1) is 16.4 Å². The second kappa shape index (κ2) is 4.97. The predicted molar refractivity (Wildman–Crippen MR) is 74.7 cm³/mol. The molecule has 2 heterocycles. The molecule has 1 aliphatic rings. The number of nitrogens with zero attached hydrogens (tertiary/aromatic N) is 4. The van der Waals surface area contributed by atoms with Crippen LogP contribution in [0, 0.1) is 5.92 Å². The lowest BCUT2D eigenvalue weighted by Crippen LogP contribution is -2.23. The highest BCUT2D eigenvalue weighted by molar-refractivity contribution is 7.15. The van der Waals surface area contributed by atoms with Gasteiger partial charge in [0.1, 0.15) is 0 Å². The van der Waals surface area contributed by atoms with Crippen molar-refractivity contribution in [1.29, 1.82) is 0 Å². The van der Waals surface area contributed by atoms with Gasteiger partial charge in [0.15, 0.2) is 5.82 Å². The third-order valence-corrected chi connectivity index (χ3v) is 5.19. The summed E-state index contributed by atoms with van der Waals surface area (Å²) in [6.07, 6.45) is 3.47. The number of hydrogen-bond donors (Lipinski definition) is 1. The molecule has 6 nitrogen and oxygen atoms in total. The molecule has 2 aromatic rings. The van der Waals surface area contributed by atoms with E-state index in [9.17, 15) is 4.79 Å². The van der Waals surface area contributed by atoms with Crippen LogP contribution in [0.1, 0.15) is 36.8 Å². The Bertz CT molecular complexity index is 627. The molecular formula is C13H16N4O2S. The van der Waals surface area contributed by atoms with Gasteiger partial charge >= 0.3 is 5.97 Å². The minimum atomic E-state index is -0.840. The van der Waals surface area contributed by atoms with Gasteiger partial charge in [-0.25, -0.2) is 4.68 Å². The standard InChI is InChI=1S/C13H16N4O2S/c1-7(13(18)19)8(2)17-12(14-15-16-17)11-6-9-4-3-5-10(9)20-11/h6-8H,3-5H2,1-2H3,(H,18,19). The zero-order valence-corrected chi connectivity index (χ0v) is 12.2. The molecule has 7 heteroatoms. The summed E-state index contributed by atoms with van der Waals surface area (Å²) in [6.45, 7) is 3.51. The summed E-state index contributed by atoms with van der Waals surface area (Å²) < 4.78 is 1.62. The first-order chi connectivity index (χ1) is 9.58. The maximum atomic E-state index is 11.1. The molecule has 0 spiro atoms. The molecule has 1 aliphatic carbocycles. The highest BCUT2D eigenvalue weighted by Gasteiger charge is 2.26. The highest BCUT2D eigenvalue weighted by Crippen LogP contribution is 2.36. The van der Waals surface area contributed by atoms with Gasteiger partial charge in [-0.1, -0.05) is 0 Å². The molecule has 3 rings (SSSR count). The van der Waals surface area contributed by atoms with E-state index in [0.29, 0.717) is 5.82 Å². The van der Waals surface area contributed by atoms with Gasteiger partial charge in [0.05, 0.1) is 16.8 Å². The van der Waals surface area contributed by atoms with Crippen LogP contribution in [0.4, 0.5) is 0 Å². The Hall–Kier alpha value is -1.76. The van der Waals surface area contributed by atoms with Crippen LogP contribution in [-0.4, -0.2) is 31.3 Å². The first kappa shape index (κ1) is 13.2. The fraction of sp³-hybridized carbons (Fsp3) is 0.538. The van der Waals surface area contributed by atoms with Crippen LogP contribution in [0.15, 0.2) is 6.07 Å². The largest absolute Gasteiger partial charge is 0.481 e. The van der Waals surface area contributed by atoms with Crippen molar-refractivity contribution in [3.05, 3.63) is 16.5 Å². The van der Waals surface area contributed by atoms with E-state index in [1.807, 2.05) is 6.92 Å². The third-order valence-electron chi connectivity index (χ3n) is 3.96. The zero-order valence-electron chi connectivity index (χ0n) is 11.4. The van der Waals surface area contributed by atoms with Crippen molar-refractivity contribution in [2.45, 2.75) is 39.2 Å². The lowest BCUT2D eigenvalue weighted by molar-refractivity contribution is -0.142. The fourth-order valence-electron chi connectivity index (χ4n) is 2.49. The summed E-state index contributed by atoms with van der Waals surface area (Å²) in [5.74, 6) is -0.707. The molecule has 0 aliphatic heterocycles. The molecule has 2 aromatic heterocycles. The number of aliphatic carboxylic acids is 1. The molecule has 0 aromatic carbocycles. The van der Waals surface area contributed by atoms with Crippen molar-refractivity contribution in [3.63, 3.8) is 0 Å². The zero-order chi connectivity index (χ0) is 14.3. The van der Waals surface area contributed by atoms with E-state index in [4.69, 9.17) is 5.11 Å². The van der Waals surface area contributed by atoms with Crippen LogP contribution in [0.5, 0.6) is 0 Å². The number of aryl methyl sites for hydroxylation is 2. The molecule has 1 N–H and O–H groups in total. The van der Waals surface area contributed by atoms with Gasteiger partial charge in [0, 0.05) is 4.88 Å². The summed E-state index contributed by atoms with van der Waals surface area (Å²) >= 11 is 1.72. The summed E-state index contributed by atoms with van der Waals surface area (Å²) in [6, 6.07) is 1.86. The van der Waals surface area contributed by atoms with Gasteiger partial charge in [0.2, 0.25) is 0 Å². The number of carbonyl (C=O) groups is 1. The van der Waals surface area contributed by atoms with Crippen LogP contribution in [0.25, 0.3) is 10.7 Å². The second-order valence-electron chi connectivity index (χ2n) is 5.23. The van der Waals surface area contributed by atoms with Gasteiger partial charge in [0.25, 0.3) is 0 Å². The number of fused-ring (bicyclic) bond motifs is 1. The average molecular weight is 292 g/mol. The van der Waals surface area contributed by atoms with Crippen LogP contribution < -0.4 is 0 Å². The lowest BCUT2D eigenvalue weighted by atomic mass is 10.0. The van der Waals surface area contributed by atoms with Crippen molar-refractivity contribution >= 4 is 17.3 Å². The molecule has 0 radical (unpaired) electrons. The summed E-state index contributed by atoms with van der Waals surface area (Å²) in [5, 5.41) is 20.9. The monoisotopic (exact) mass is 292 g/mol. The Balaban J connectivity index is 1.95. The van der Waals surface area contributed by atoms with Crippen LogP contribution >= 0.6 is 11.3 Å². The van der Waals surface area contributed by atoms with Crippen LogP contribution in [0.3, 0.4) is 0 Å². The number of carboxylic acids is 1. The minimum absolute atomic E-state index is 0.283. The number of rotatable bonds is 4. The van der Waals surface area contributed by atoms with E-state index in [2.05, 4.69) is 21.6 Å². The van der Waals surface area contributed by atoms with Crippen molar-refractivity contribution in [1.82, 2.24) is 20.2 Å². The predicted octanol–water partition coefficient (Wildman–Crippen LogP) is 2.17. The first-order valence-electron chi connectivity index (χ1n) is 6.70. The quantitative estimate of drug-likeness (QED) is 0.934. The second-order valence-corrected chi connectivity index (χ2v) is 6.36. The number of aromatic nitrogens is 4. The SMILES string of the molecule is CC(C(=O)O)C(C)n1nnnc1-c1cc2c(s1)CCC2. The van der Waals surface area contributed by atoms with Gasteiger partial charge in [-0.3, -0.25) is 4.79 Å². The Morgan fingerprint density at radius 3 is 2.95 bits per heavy atom. The van der Waals surface area contributed by atoms with E-state index in [1.54, 1.807) is 22.9 Å². The van der Waals surface area contributed by atoms with E-state index in [0.717, 1.165) is 17.7 Å². The molecule has 0 amide bonds. The van der Waals surface area contributed by atoms with Crippen LogP contribution in [0.2, 0.25) is 0 Å². The van der Waals surface area contributed by atoms with Gasteiger partial charge in [-0.05, 0) is 55.2 Å². The van der Waals surface area contributed by atoms with E-state index < -0.39 is 11.9 Å². The van der Waals surface area contributed by atoms with Crippen molar-refractivity contribution in [2.75, 3.05) is 0 Å². The number of carboxylic acid groups (broad SMARTS) is 1. The molecule has 0 saturated heterocycles. The molecule has 2 atom stereocenters. The normalized spacial score (nSPS) is 16.9. The summed E-state index contributed by atoms with van der Waals surface area (Å²) in [7, 11) is 0. The van der Waals surface area contributed by atoms with E-state index in [1.165, 1.54) is 16.9 Å². The Morgan fingerprint density at radius 2 is 2.25 bits per heavy atom. The molecule has 0 saturated carbocycles. The van der Waals surface area contributed by atoms with E-state index >= 15 is 0 Å². The summed E-state index contributed by atoms with van der Waals surface area (Å²) in [4.78, 5) is 13.6. The number of hydrogen-bond acceptors (Lipinski definition) is 5. The Morgan fingerprint density at radius 1 is 1.45 bits per heavy atom. The van der Waals surface area contributed by atoms with Crippen LogP contribution in [-0.2, 0) is 17.6 Å². The molecular weight excluding hydrogens is 276 g/mol. The van der Waals surface area contributed by atoms with E-state index in [-0.39, 0.29) is 6.04 Å². The molecule has 0 fully saturated rings. The number of thiophene rings is 1. The Labute approximate surface area is 120 Å². The third kappa shape index (κ3) is 2.11.